The van der Waals surface area contributed by atoms with Gasteiger partial charge in [0.25, 0.3) is 0 Å². The Kier molecular flexibility index (Phi) is 4.83. The van der Waals surface area contributed by atoms with Crippen molar-refractivity contribution in [3.8, 4) is 10.6 Å². The fourth-order valence-electron chi connectivity index (χ4n) is 2.24. The summed E-state index contributed by atoms with van der Waals surface area (Å²) in [6, 6.07) is 18.2. The van der Waals surface area contributed by atoms with E-state index in [0.717, 1.165) is 21.8 Å². The summed E-state index contributed by atoms with van der Waals surface area (Å²) in [5, 5.41) is 5.84. The number of aromatic nitrogens is 1. The second-order valence-corrected chi connectivity index (χ2v) is 6.31. The lowest BCUT2D eigenvalue weighted by molar-refractivity contribution is -0.120. The van der Waals surface area contributed by atoms with Crippen molar-refractivity contribution in [2.45, 2.75) is 19.9 Å². The third-order valence-electron chi connectivity index (χ3n) is 3.52. The van der Waals surface area contributed by atoms with Gasteiger partial charge in [0.15, 0.2) is 0 Å². The van der Waals surface area contributed by atoms with Gasteiger partial charge >= 0.3 is 0 Å². The van der Waals surface area contributed by atoms with Gasteiger partial charge < -0.3 is 5.32 Å². The van der Waals surface area contributed by atoms with Crippen molar-refractivity contribution >= 4 is 17.2 Å². The van der Waals surface area contributed by atoms with Crippen molar-refractivity contribution in [1.29, 1.82) is 0 Å². The zero-order valence-electron chi connectivity index (χ0n) is 13.0. The van der Waals surface area contributed by atoms with Crippen LogP contribution in [0.3, 0.4) is 0 Å². The molecule has 0 atom stereocenters. The molecule has 1 amide bonds. The predicted octanol–water partition coefficient (Wildman–Crippen LogP) is 3.98. The van der Waals surface area contributed by atoms with Crippen molar-refractivity contribution in [1.82, 2.24) is 10.3 Å². The van der Waals surface area contributed by atoms with Gasteiger partial charge in [-0.2, -0.15) is 0 Å². The van der Waals surface area contributed by atoms with E-state index >= 15 is 0 Å². The fourth-order valence-corrected chi connectivity index (χ4v) is 3.06. The van der Waals surface area contributed by atoms with E-state index in [4.69, 9.17) is 0 Å². The largest absolute Gasteiger partial charge is 0.352 e. The number of thiazole rings is 1. The molecule has 1 aromatic heterocycles. The molecule has 1 heterocycles. The highest BCUT2D eigenvalue weighted by atomic mass is 32.1. The summed E-state index contributed by atoms with van der Waals surface area (Å²) in [5.74, 6) is -0.00418. The third kappa shape index (κ3) is 4.27. The van der Waals surface area contributed by atoms with E-state index in [1.807, 2.05) is 60.0 Å². The highest BCUT2D eigenvalue weighted by Crippen LogP contribution is 2.23. The Labute approximate surface area is 140 Å². The maximum Gasteiger partial charge on any atom is 0.226 e. The minimum Gasteiger partial charge on any atom is -0.352 e. The second kappa shape index (κ2) is 7.20. The van der Waals surface area contributed by atoms with Crippen molar-refractivity contribution in [2.75, 3.05) is 0 Å². The van der Waals surface area contributed by atoms with Gasteiger partial charge in [-0.15, -0.1) is 11.3 Å². The molecule has 0 saturated heterocycles. The monoisotopic (exact) mass is 322 g/mol. The molecule has 0 bridgehead atoms. The van der Waals surface area contributed by atoms with Crippen molar-refractivity contribution < 1.29 is 4.79 Å². The summed E-state index contributed by atoms with van der Waals surface area (Å²) in [4.78, 5) is 16.6. The van der Waals surface area contributed by atoms with Crippen LogP contribution in [0.1, 0.15) is 16.8 Å². The van der Waals surface area contributed by atoms with Crippen LogP contribution >= 0.6 is 11.3 Å². The Balaban J connectivity index is 1.56. The molecule has 0 aliphatic rings. The molecular formula is C19H18N2OS. The molecule has 4 heteroatoms. The number of carbonyl (C=O) groups excluding carboxylic acids is 1. The fraction of sp³-hybridized carbons (Fsp3) is 0.158. The highest BCUT2D eigenvalue weighted by molar-refractivity contribution is 7.13. The van der Waals surface area contributed by atoms with Crippen LogP contribution in [-0.4, -0.2) is 10.9 Å². The van der Waals surface area contributed by atoms with Crippen LogP contribution in [0.2, 0.25) is 0 Å². The van der Waals surface area contributed by atoms with Gasteiger partial charge in [-0.05, 0) is 12.5 Å². The topological polar surface area (TPSA) is 42.0 Å². The Morgan fingerprint density at radius 1 is 1.09 bits per heavy atom. The van der Waals surface area contributed by atoms with Gasteiger partial charge in [-0.3, -0.25) is 4.79 Å². The molecule has 0 radical (unpaired) electrons. The summed E-state index contributed by atoms with van der Waals surface area (Å²) in [6.07, 6.45) is 0.315. The molecule has 0 fully saturated rings. The molecule has 3 aromatic rings. The molecule has 3 nitrogen and oxygen atoms in total. The van der Waals surface area contributed by atoms with Gasteiger partial charge in [0.05, 0.1) is 12.1 Å². The maximum absolute atomic E-state index is 12.1. The molecule has 3 rings (SSSR count). The number of benzene rings is 2. The molecule has 0 aliphatic heterocycles. The van der Waals surface area contributed by atoms with Crippen molar-refractivity contribution in [3.05, 3.63) is 76.8 Å². The summed E-state index contributed by atoms with van der Waals surface area (Å²) in [7, 11) is 0. The SMILES string of the molecule is Cc1ccc(CNC(=O)Cc2csc(-c3ccccc3)n2)cc1. The van der Waals surface area contributed by atoms with Gasteiger partial charge in [0.2, 0.25) is 5.91 Å². The van der Waals surface area contributed by atoms with E-state index in [9.17, 15) is 4.79 Å². The number of aryl methyl sites for hydroxylation is 1. The molecule has 2 aromatic carbocycles. The number of nitrogens with one attached hydrogen (secondary N) is 1. The highest BCUT2D eigenvalue weighted by Gasteiger charge is 2.08. The summed E-state index contributed by atoms with van der Waals surface area (Å²) in [6.45, 7) is 2.60. The molecule has 0 saturated carbocycles. The van der Waals surface area contributed by atoms with E-state index in [1.165, 1.54) is 5.56 Å². The minimum atomic E-state index is -0.00418. The Bertz CT molecular complexity index is 779. The Hall–Kier alpha value is -2.46. The predicted molar refractivity (Wildman–Crippen MR) is 94.3 cm³/mol. The van der Waals surface area contributed by atoms with Crippen molar-refractivity contribution in [2.24, 2.45) is 0 Å². The smallest absolute Gasteiger partial charge is 0.226 e. The standard InChI is InChI=1S/C19H18N2OS/c1-14-7-9-15(10-8-14)12-20-18(22)11-17-13-23-19(21-17)16-5-3-2-4-6-16/h2-10,13H,11-12H2,1H3,(H,20,22). The first kappa shape index (κ1) is 15.4. The molecule has 23 heavy (non-hydrogen) atoms. The van der Waals surface area contributed by atoms with Crippen LogP contribution in [0.4, 0.5) is 0 Å². The zero-order valence-corrected chi connectivity index (χ0v) is 13.8. The summed E-state index contributed by atoms with van der Waals surface area (Å²) in [5.41, 5.74) is 4.22. The number of carbonyl (C=O) groups is 1. The quantitative estimate of drug-likeness (QED) is 0.772. The number of rotatable bonds is 5. The van der Waals surface area contributed by atoms with Gasteiger partial charge in [-0.1, -0.05) is 60.2 Å². The lowest BCUT2D eigenvalue weighted by Gasteiger charge is -2.04. The first-order valence-corrected chi connectivity index (χ1v) is 8.41. The molecule has 0 unspecified atom stereocenters. The zero-order chi connectivity index (χ0) is 16.1. The van der Waals surface area contributed by atoms with Crippen LogP contribution in [0, 0.1) is 6.92 Å². The van der Waals surface area contributed by atoms with E-state index in [-0.39, 0.29) is 5.91 Å². The van der Waals surface area contributed by atoms with Crippen molar-refractivity contribution in [3.63, 3.8) is 0 Å². The number of hydrogen-bond donors (Lipinski definition) is 1. The van der Waals surface area contributed by atoms with Crippen LogP contribution in [0.5, 0.6) is 0 Å². The molecule has 0 aliphatic carbocycles. The van der Waals surface area contributed by atoms with E-state index < -0.39 is 0 Å². The number of amides is 1. The minimum absolute atomic E-state index is 0.00418. The average molecular weight is 322 g/mol. The third-order valence-corrected chi connectivity index (χ3v) is 4.46. The number of hydrogen-bond acceptors (Lipinski definition) is 3. The second-order valence-electron chi connectivity index (χ2n) is 5.45. The molecule has 116 valence electrons. The molecular weight excluding hydrogens is 304 g/mol. The van der Waals surface area contributed by atoms with E-state index in [0.29, 0.717) is 13.0 Å². The molecule has 0 spiro atoms. The maximum atomic E-state index is 12.1. The van der Waals surface area contributed by atoms with Crippen LogP contribution in [0.15, 0.2) is 60.0 Å². The lowest BCUT2D eigenvalue weighted by atomic mass is 10.1. The Morgan fingerprint density at radius 3 is 2.57 bits per heavy atom. The molecule has 1 N–H and O–H groups in total. The summed E-state index contributed by atoms with van der Waals surface area (Å²) < 4.78 is 0. The van der Waals surface area contributed by atoms with Gasteiger partial charge in [0, 0.05) is 17.5 Å². The average Bonchev–Trinajstić information content (AvgIpc) is 3.04. The van der Waals surface area contributed by atoms with Gasteiger partial charge in [0.1, 0.15) is 5.01 Å². The first-order valence-electron chi connectivity index (χ1n) is 7.53. The van der Waals surface area contributed by atoms with Gasteiger partial charge in [-0.25, -0.2) is 4.98 Å². The van der Waals surface area contributed by atoms with E-state index in [1.54, 1.807) is 11.3 Å². The van der Waals surface area contributed by atoms with E-state index in [2.05, 4.69) is 17.2 Å². The van der Waals surface area contributed by atoms with Crippen LogP contribution in [0.25, 0.3) is 10.6 Å². The number of nitrogens with zero attached hydrogens (tertiary/aromatic N) is 1. The summed E-state index contributed by atoms with van der Waals surface area (Å²) >= 11 is 1.57. The van der Waals surface area contributed by atoms with Crippen LogP contribution in [-0.2, 0) is 17.8 Å². The van der Waals surface area contributed by atoms with Crippen LogP contribution < -0.4 is 5.32 Å². The lowest BCUT2D eigenvalue weighted by Crippen LogP contribution is -2.24. The first-order chi connectivity index (χ1) is 11.2. The normalized spacial score (nSPS) is 10.5. The Morgan fingerprint density at radius 2 is 1.83 bits per heavy atom.